The second-order valence-corrected chi connectivity index (χ2v) is 5.17. The minimum Gasteiger partial charge on any atom is -0.337 e. The number of nitrogens with zero attached hydrogens (tertiary/aromatic N) is 3. The first kappa shape index (κ1) is 11.3. The molecule has 0 aliphatic rings. The molecule has 2 aromatic heterocycles. The molecule has 0 aromatic carbocycles. The van der Waals surface area contributed by atoms with Crippen LogP contribution in [0.4, 0.5) is 0 Å². The fraction of sp³-hybridized carbons (Fsp3) is 0.455. The van der Waals surface area contributed by atoms with Gasteiger partial charge in [0.25, 0.3) is 0 Å². The van der Waals surface area contributed by atoms with Crippen LogP contribution in [0.5, 0.6) is 0 Å². The molecule has 0 radical (unpaired) electrons. The Labute approximate surface area is 99.4 Å². The summed E-state index contributed by atoms with van der Waals surface area (Å²) in [5, 5.41) is 4.58. The average Bonchev–Trinajstić information content (AvgIpc) is 2.84. The molecule has 86 valence electrons. The van der Waals surface area contributed by atoms with E-state index in [-0.39, 0.29) is 6.04 Å². The lowest BCUT2D eigenvalue weighted by molar-refractivity contribution is 0.555. The molecule has 4 nitrogen and oxygen atoms in total. The molecule has 0 spiro atoms. The number of thiazole rings is 1. The zero-order chi connectivity index (χ0) is 11.5. The van der Waals surface area contributed by atoms with Crippen molar-refractivity contribution in [2.45, 2.75) is 26.4 Å². The summed E-state index contributed by atoms with van der Waals surface area (Å²) in [7, 11) is 2.00. The van der Waals surface area contributed by atoms with Gasteiger partial charge in [-0.3, -0.25) is 0 Å². The summed E-state index contributed by atoms with van der Waals surface area (Å²) in [4.78, 5) is 9.71. The molecule has 0 fully saturated rings. The van der Waals surface area contributed by atoms with E-state index < -0.39 is 0 Å². The van der Waals surface area contributed by atoms with Crippen molar-refractivity contribution in [3.8, 4) is 0 Å². The third-order valence-electron chi connectivity index (χ3n) is 2.52. The minimum absolute atomic E-state index is 0.286. The van der Waals surface area contributed by atoms with Crippen LogP contribution < -0.4 is 5.32 Å². The highest BCUT2D eigenvalue weighted by atomic mass is 32.1. The average molecular weight is 236 g/mol. The number of imidazole rings is 1. The molecule has 0 saturated heterocycles. The van der Waals surface area contributed by atoms with Crippen molar-refractivity contribution in [2.75, 3.05) is 0 Å². The van der Waals surface area contributed by atoms with Gasteiger partial charge in [0.2, 0.25) is 0 Å². The van der Waals surface area contributed by atoms with Gasteiger partial charge in [-0.2, -0.15) is 0 Å². The molecule has 2 rings (SSSR count). The molecular formula is C11H16N4S. The van der Waals surface area contributed by atoms with E-state index in [9.17, 15) is 0 Å². The summed E-state index contributed by atoms with van der Waals surface area (Å²) in [5.74, 6) is 0. The molecule has 1 unspecified atom stereocenters. The molecule has 2 heterocycles. The minimum atomic E-state index is 0.286. The van der Waals surface area contributed by atoms with Crippen LogP contribution in [0.3, 0.4) is 0 Å². The van der Waals surface area contributed by atoms with Gasteiger partial charge in [0.1, 0.15) is 5.01 Å². The molecule has 0 aliphatic carbocycles. The smallest absolute Gasteiger partial charge is 0.109 e. The van der Waals surface area contributed by atoms with Crippen LogP contribution >= 0.6 is 11.3 Å². The van der Waals surface area contributed by atoms with Gasteiger partial charge in [-0.25, -0.2) is 9.97 Å². The quantitative estimate of drug-likeness (QED) is 0.883. The van der Waals surface area contributed by atoms with E-state index in [0.717, 1.165) is 11.6 Å². The molecule has 0 saturated carbocycles. The van der Waals surface area contributed by atoms with Crippen molar-refractivity contribution < 1.29 is 0 Å². The van der Waals surface area contributed by atoms with E-state index >= 15 is 0 Å². The summed E-state index contributed by atoms with van der Waals surface area (Å²) in [5.41, 5.74) is 1.18. The lowest BCUT2D eigenvalue weighted by atomic mass is 10.3. The van der Waals surface area contributed by atoms with Crippen molar-refractivity contribution in [3.63, 3.8) is 0 Å². The lowest BCUT2D eigenvalue weighted by Gasteiger charge is -2.10. The van der Waals surface area contributed by atoms with Crippen molar-refractivity contribution in [1.29, 1.82) is 0 Å². The van der Waals surface area contributed by atoms with E-state index in [1.807, 2.05) is 30.3 Å². The van der Waals surface area contributed by atoms with Gasteiger partial charge in [0.15, 0.2) is 0 Å². The normalized spacial score (nSPS) is 12.9. The molecule has 2 aromatic rings. The van der Waals surface area contributed by atoms with Gasteiger partial charge in [-0.1, -0.05) is 0 Å². The molecule has 1 atom stereocenters. The maximum Gasteiger partial charge on any atom is 0.109 e. The van der Waals surface area contributed by atoms with Gasteiger partial charge in [-0.05, 0) is 13.8 Å². The molecule has 5 heteroatoms. The lowest BCUT2D eigenvalue weighted by Crippen LogP contribution is -2.19. The highest BCUT2D eigenvalue weighted by Crippen LogP contribution is 2.19. The second-order valence-electron chi connectivity index (χ2n) is 3.91. The number of aromatic nitrogens is 3. The van der Waals surface area contributed by atoms with Crippen LogP contribution in [0, 0.1) is 6.92 Å². The van der Waals surface area contributed by atoms with Gasteiger partial charge in [-0.15, -0.1) is 11.3 Å². The van der Waals surface area contributed by atoms with E-state index in [0.29, 0.717) is 0 Å². The fourth-order valence-corrected chi connectivity index (χ4v) is 2.27. The number of nitrogens with one attached hydrogen (secondary N) is 1. The summed E-state index contributed by atoms with van der Waals surface area (Å²) >= 11 is 1.74. The molecular weight excluding hydrogens is 220 g/mol. The Bertz CT molecular complexity index is 460. The summed E-state index contributed by atoms with van der Waals surface area (Å²) in [6.07, 6.45) is 5.62. The molecule has 0 amide bonds. The van der Waals surface area contributed by atoms with Crippen LogP contribution in [-0.4, -0.2) is 14.5 Å². The second kappa shape index (κ2) is 4.76. The van der Waals surface area contributed by atoms with Crippen LogP contribution in [0.2, 0.25) is 0 Å². The predicted molar refractivity (Wildman–Crippen MR) is 65.3 cm³/mol. The Balaban J connectivity index is 1.93. The Kier molecular flexibility index (Phi) is 3.36. The number of aryl methyl sites for hydroxylation is 2. The Hall–Kier alpha value is -1.20. The predicted octanol–water partition coefficient (Wildman–Crippen LogP) is 2.04. The summed E-state index contributed by atoms with van der Waals surface area (Å²) in [6.45, 7) is 5.03. The maximum absolute atomic E-state index is 4.37. The third-order valence-corrected chi connectivity index (χ3v) is 3.61. The summed E-state index contributed by atoms with van der Waals surface area (Å²) < 4.78 is 2.02. The molecule has 0 aliphatic heterocycles. The van der Waals surface area contributed by atoms with Crippen LogP contribution in [-0.2, 0) is 13.6 Å². The van der Waals surface area contributed by atoms with E-state index in [2.05, 4.69) is 29.1 Å². The monoisotopic (exact) mass is 236 g/mol. The molecule has 0 bridgehead atoms. The van der Waals surface area contributed by atoms with E-state index in [1.54, 1.807) is 11.3 Å². The molecule has 16 heavy (non-hydrogen) atoms. The Morgan fingerprint density at radius 1 is 1.50 bits per heavy atom. The first-order valence-electron chi connectivity index (χ1n) is 5.27. The Morgan fingerprint density at radius 2 is 2.31 bits per heavy atom. The largest absolute Gasteiger partial charge is 0.337 e. The third kappa shape index (κ3) is 2.48. The van der Waals surface area contributed by atoms with Gasteiger partial charge in [0.05, 0.1) is 18.1 Å². The summed E-state index contributed by atoms with van der Waals surface area (Å²) in [6, 6.07) is 0.286. The van der Waals surface area contributed by atoms with Crippen LogP contribution in [0.15, 0.2) is 18.7 Å². The topological polar surface area (TPSA) is 42.7 Å². The van der Waals surface area contributed by atoms with Gasteiger partial charge >= 0.3 is 0 Å². The Morgan fingerprint density at radius 3 is 2.88 bits per heavy atom. The van der Waals surface area contributed by atoms with E-state index in [1.165, 1.54) is 10.6 Å². The SMILES string of the molecule is Cc1cnc(C(C)NCc2cncn2C)s1. The zero-order valence-corrected chi connectivity index (χ0v) is 10.6. The van der Waals surface area contributed by atoms with Crippen LogP contribution in [0.25, 0.3) is 0 Å². The number of rotatable bonds is 4. The number of hydrogen-bond acceptors (Lipinski definition) is 4. The highest BCUT2D eigenvalue weighted by Gasteiger charge is 2.09. The van der Waals surface area contributed by atoms with Crippen LogP contribution in [0.1, 0.15) is 28.5 Å². The van der Waals surface area contributed by atoms with Crippen molar-refractivity contribution in [3.05, 3.63) is 34.3 Å². The zero-order valence-electron chi connectivity index (χ0n) is 9.77. The number of hydrogen-bond donors (Lipinski definition) is 1. The first-order chi connectivity index (χ1) is 7.66. The van der Waals surface area contributed by atoms with Gasteiger partial charge in [0, 0.05) is 30.9 Å². The van der Waals surface area contributed by atoms with E-state index in [4.69, 9.17) is 0 Å². The van der Waals surface area contributed by atoms with Crippen molar-refractivity contribution >= 4 is 11.3 Å². The van der Waals surface area contributed by atoms with Gasteiger partial charge < -0.3 is 9.88 Å². The standard InChI is InChI=1S/C11H16N4S/c1-8-4-14-11(16-8)9(2)13-6-10-5-12-7-15(10)3/h4-5,7,9,13H,6H2,1-3H3. The van der Waals surface area contributed by atoms with Crippen molar-refractivity contribution in [2.24, 2.45) is 7.05 Å². The van der Waals surface area contributed by atoms with Crippen molar-refractivity contribution in [1.82, 2.24) is 19.9 Å². The molecule has 1 N–H and O–H groups in total. The fourth-order valence-electron chi connectivity index (χ4n) is 1.47. The maximum atomic E-state index is 4.37. The first-order valence-corrected chi connectivity index (χ1v) is 6.09. The highest BCUT2D eigenvalue weighted by molar-refractivity contribution is 7.11.